The van der Waals surface area contributed by atoms with E-state index in [1.807, 2.05) is 24.3 Å². The first-order chi connectivity index (χ1) is 16.5. The molecule has 1 aliphatic rings. The number of carbonyl (C=O) groups is 2. The van der Waals surface area contributed by atoms with E-state index in [9.17, 15) is 14.4 Å². The van der Waals surface area contributed by atoms with Crippen LogP contribution < -0.4 is 10.3 Å². The number of para-hydroxylation sites is 2. The SMILES string of the molecule is COc1ccc(-n2c(=O)c(CCC(=O)OC(C)C(=O)N3CCOCC3)nc3ccccc32)cc1. The Kier molecular flexibility index (Phi) is 7.22. The maximum absolute atomic E-state index is 13.3. The first-order valence-corrected chi connectivity index (χ1v) is 11.2. The Morgan fingerprint density at radius 3 is 2.50 bits per heavy atom. The van der Waals surface area contributed by atoms with Gasteiger partial charge in [0, 0.05) is 25.2 Å². The van der Waals surface area contributed by atoms with E-state index in [2.05, 4.69) is 4.98 Å². The lowest BCUT2D eigenvalue weighted by molar-refractivity contribution is -0.160. The lowest BCUT2D eigenvalue weighted by Gasteiger charge is -2.28. The van der Waals surface area contributed by atoms with Gasteiger partial charge in [-0.15, -0.1) is 0 Å². The summed E-state index contributed by atoms with van der Waals surface area (Å²) in [4.78, 5) is 44.4. The highest BCUT2D eigenvalue weighted by Gasteiger charge is 2.25. The van der Waals surface area contributed by atoms with Gasteiger partial charge in [-0.2, -0.15) is 0 Å². The van der Waals surface area contributed by atoms with Crippen LogP contribution in [-0.4, -0.2) is 65.8 Å². The number of fused-ring (bicyclic) bond motifs is 1. The van der Waals surface area contributed by atoms with Gasteiger partial charge < -0.3 is 19.1 Å². The summed E-state index contributed by atoms with van der Waals surface area (Å²) in [5.74, 6) is -0.124. The van der Waals surface area contributed by atoms with Gasteiger partial charge in [0.05, 0.1) is 37.8 Å². The minimum atomic E-state index is -0.897. The van der Waals surface area contributed by atoms with E-state index >= 15 is 0 Å². The predicted octanol–water partition coefficient (Wildman–Crippen LogP) is 2.12. The van der Waals surface area contributed by atoms with Gasteiger partial charge in [-0.25, -0.2) is 4.98 Å². The van der Waals surface area contributed by atoms with Crippen LogP contribution in [0.2, 0.25) is 0 Å². The normalized spacial score (nSPS) is 14.6. The van der Waals surface area contributed by atoms with Gasteiger partial charge in [-0.1, -0.05) is 12.1 Å². The molecular formula is C25H27N3O6. The quantitative estimate of drug-likeness (QED) is 0.493. The third-order valence-corrected chi connectivity index (χ3v) is 5.70. The molecule has 2 aromatic carbocycles. The van der Waals surface area contributed by atoms with Gasteiger partial charge in [-0.3, -0.25) is 19.0 Å². The molecule has 1 saturated heterocycles. The maximum Gasteiger partial charge on any atom is 0.306 e. The molecule has 0 bridgehead atoms. The highest BCUT2D eigenvalue weighted by atomic mass is 16.5. The van der Waals surface area contributed by atoms with Crippen molar-refractivity contribution >= 4 is 22.9 Å². The molecule has 0 spiro atoms. The zero-order valence-electron chi connectivity index (χ0n) is 19.2. The smallest absolute Gasteiger partial charge is 0.306 e. The van der Waals surface area contributed by atoms with Crippen LogP contribution >= 0.6 is 0 Å². The number of benzene rings is 2. The summed E-state index contributed by atoms with van der Waals surface area (Å²) in [5.41, 5.74) is 1.90. The lowest BCUT2D eigenvalue weighted by atomic mass is 10.2. The average Bonchev–Trinajstić information content (AvgIpc) is 2.87. The molecule has 1 aromatic heterocycles. The summed E-state index contributed by atoms with van der Waals surface area (Å²) in [6, 6.07) is 14.5. The van der Waals surface area contributed by atoms with Crippen LogP contribution in [0.3, 0.4) is 0 Å². The van der Waals surface area contributed by atoms with Crippen LogP contribution in [0.1, 0.15) is 19.0 Å². The monoisotopic (exact) mass is 465 g/mol. The van der Waals surface area contributed by atoms with Gasteiger partial charge in [0.2, 0.25) is 0 Å². The van der Waals surface area contributed by atoms with E-state index in [0.717, 1.165) is 0 Å². The van der Waals surface area contributed by atoms with Crippen molar-refractivity contribution in [2.45, 2.75) is 25.9 Å². The average molecular weight is 466 g/mol. The van der Waals surface area contributed by atoms with Crippen LogP contribution in [-0.2, 0) is 25.5 Å². The van der Waals surface area contributed by atoms with Crippen molar-refractivity contribution in [3.8, 4) is 11.4 Å². The number of aryl methyl sites for hydroxylation is 1. The van der Waals surface area contributed by atoms with Crippen LogP contribution in [0.4, 0.5) is 0 Å². The van der Waals surface area contributed by atoms with Crippen LogP contribution in [0.5, 0.6) is 5.75 Å². The lowest BCUT2D eigenvalue weighted by Crippen LogP contribution is -2.46. The van der Waals surface area contributed by atoms with Gasteiger partial charge in [0.25, 0.3) is 11.5 Å². The molecule has 34 heavy (non-hydrogen) atoms. The fraction of sp³-hybridized carbons (Fsp3) is 0.360. The summed E-state index contributed by atoms with van der Waals surface area (Å²) < 4.78 is 17.4. The molecular weight excluding hydrogens is 438 g/mol. The Bertz CT molecular complexity index is 1230. The zero-order valence-corrected chi connectivity index (χ0v) is 19.2. The van der Waals surface area contributed by atoms with E-state index in [0.29, 0.717) is 48.8 Å². The second-order valence-electron chi connectivity index (χ2n) is 7.96. The van der Waals surface area contributed by atoms with E-state index in [-0.39, 0.29) is 30.0 Å². The minimum absolute atomic E-state index is 0.0656. The van der Waals surface area contributed by atoms with Crippen molar-refractivity contribution in [3.63, 3.8) is 0 Å². The molecule has 0 aliphatic carbocycles. The van der Waals surface area contributed by atoms with E-state index < -0.39 is 12.1 Å². The number of esters is 1. The van der Waals surface area contributed by atoms with Crippen molar-refractivity contribution in [2.75, 3.05) is 33.4 Å². The molecule has 0 radical (unpaired) electrons. The van der Waals surface area contributed by atoms with Crippen LogP contribution in [0.15, 0.2) is 53.3 Å². The molecule has 3 aromatic rings. The number of methoxy groups -OCH3 is 1. The minimum Gasteiger partial charge on any atom is -0.497 e. The first-order valence-electron chi connectivity index (χ1n) is 11.2. The molecule has 0 N–H and O–H groups in total. The Hall–Kier alpha value is -3.72. The van der Waals surface area contributed by atoms with Crippen LogP contribution in [0, 0.1) is 0 Å². The number of amides is 1. The first kappa shape index (κ1) is 23.4. The van der Waals surface area contributed by atoms with Crippen molar-refractivity contribution in [2.24, 2.45) is 0 Å². The number of nitrogens with zero attached hydrogens (tertiary/aromatic N) is 3. The largest absolute Gasteiger partial charge is 0.497 e. The second-order valence-corrected chi connectivity index (χ2v) is 7.96. The molecule has 1 amide bonds. The zero-order chi connectivity index (χ0) is 24.1. The van der Waals surface area contributed by atoms with Crippen molar-refractivity contribution < 1.29 is 23.8 Å². The van der Waals surface area contributed by atoms with Crippen molar-refractivity contribution in [3.05, 3.63) is 64.6 Å². The maximum atomic E-state index is 13.3. The topological polar surface area (TPSA) is 100.0 Å². The Morgan fingerprint density at radius 1 is 1.09 bits per heavy atom. The molecule has 9 nitrogen and oxygen atoms in total. The summed E-state index contributed by atoms with van der Waals surface area (Å²) in [7, 11) is 1.58. The second kappa shape index (κ2) is 10.5. The summed E-state index contributed by atoms with van der Waals surface area (Å²) in [6.07, 6.45) is -0.868. The molecule has 9 heteroatoms. The predicted molar refractivity (Wildman–Crippen MR) is 125 cm³/mol. The molecule has 1 fully saturated rings. The number of ether oxygens (including phenoxy) is 3. The number of hydrogen-bond donors (Lipinski definition) is 0. The van der Waals surface area contributed by atoms with Gasteiger partial charge in [0.15, 0.2) is 6.10 Å². The standard InChI is InChI=1S/C25H27N3O6/c1-17(24(30)27-13-15-33-16-14-27)34-23(29)12-11-21-25(31)28(18-7-9-19(32-2)10-8-18)22-6-4-3-5-20(22)26-21/h3-10,17H,11-16H2,1-2H3. The molecule has 0 saturated carbocycles. The third kappa shape index (κ3) is 5.09. The summed E-state index contributed by atoms with van der Waals surface area (Å²) in [6.45, 7) is 3.46. The molecule has 2 heterocycles. The number of aromatic nitrogens is 2. The molecule has 1 unspecified atom stereocenters. The van der Waals surface area contributed by atoms with Crippen molar-refractivity contribution in [1.82, 2.24) is 14.5 Å². The van der Waals surface area contributed by atoms with Gasteiger partial charge in [-0.05, 0) is 43.3 Å². The third-order valence-electron chi connectivity index (χ3n) is 5.70. The fourth-order valence-electron chi connectivity index (χ4n) is 3.90. The number of hydrogen-bond acceptors (Lipinski definition) is 7. The highest BCUT2D eigenvalue weighted by molar-refractivity contribution is 5.83. The Balaban J connectivity index is 1.51. The van der Waals surface area contributed by atoms with E-state index in [1.165, 1.54) is 0 Å². The summed E-state index contributed by atoms with van der Waals surface area (Å²) in [5, 5.41) is 0. The molecule has 1 aliphatic heterocycles. The molecule has 178 valence electrons. The van der Waals surface area contributed by atoms with E-state index in [1.54, 1.807) is 47.8 Å². The molecule has 4 rings (SSSR count). The van der Waals surface area contributed by atoms with E-state index in [4.69, 9.17) is 14.2 Å². The summed E-state index contributed by atoms with van der Waals surface area (Å²) >= 11 is 0. The van der Waals surface area contributed by atoms with Gasteiger partial charge >= 0.3 is 5.97 Å². The van der Waals surface area contributed by atoms with Crippen LogP contribution in [0.25, 0.3) is 16.7 Å². The van der Waals surface area contributed by atoms with Gasteiger partial charge in [0.1, 0.15) is 11.4 Å². The van der Waals surface area contributed by atoms with Crippen molar-refractivity contribution in [1.29, 1.82) is 0 Å². The Morgan fingerprint density at radius 2 is 1.79 bits per heavy atom. The molecule has 1 atom stereocenters. The number of morpholine rings is 1. The fourth-order valence-corrected chi connectivity index (χ4v) is 3.90. The number of carbonyl (C=O) groups excluding carboxylic acids is 2. The Labute approximate surface area is 196 Å². The highest BCUT2D eigenvalue weighted by Crippen LogP contribution is 2.19. The number of rotatable bonds is 7.